The molecule has 25 heavy (non-hydrogen) atoms. The third kappa shape index (κ3) is 2.90. The number of benzene rings is 1. The van der Waals surface area contributed by atoms with Crippen LogP contribution in [0.3, 0.4) is 0 Å². The number of halogens is 1. The van der Waals surface area contributed by atoms with Gasteiger partial charge in [0, 0.05) is 25.0 Å². The van der Waals surface area contributed by atoms with Crippen LogP contribution in [0.5, 0.6) is 0 Å². The van der Waals surface area contributed by atoms with E-state index in [1.165, 1.54) is 0 Å². The topological polar surface area (TPSA) is 51.7 Å². The van der Waals surface area contributed by atoms with Crippen LogP contribution >= 0.6 is 11.6 Å². The monoisotopic (exact) mass is 360 g/mol. The van der Waals surface area contributed by atoms with Crippen LogP contribution in [-0.4, -0.2) is 53.3 Å². The van der Waals surface area contributed by atoms with Gasteiger partial charge in [0.25, 0.3) is 5.91 Å². The highest BCUT2D eigenvalue weighted by atomic mass is 35.5. The van der Waals surface area contributed by atoms with Crippen LogP contribution in [-0.2, 0) is 9.47 Å². The Morgan fingerprint density at radius 1 is 1.36 bits per heavy atom. The second-order valence-electron chi connectivity index (χ2n) is 6.95. The highest BCUT2D eigenvalue weighted by molar-refractivity contribution is 6.30. The number of fused-ring (bicyclic) bond motifs is 1. The molecule has 3 heterocycles. The number of amides is 1. The lowest BCUT2D eigenvalue weighted by molar-refractivity contribution is -0.160. The molecule has 1 amide bonds. The van der Waals surface area contributed by atoms with Gasteiger partial charge < -0.3 is 14.4 Å². The summed E-state index contributed by atoms with van der Waals surface area (Å²) >= 11 is 6.15. The minimum atomic E-state index is -0.417. The maximum Gasteiger partial charge on any atom is 0.254 e. The van der Waals surface area contributed by atoms with E-state index in [2.05, 4.69) is 4.98 Å². The Morgan fingerprint density at radius 2 is 2.16 bits per heavy atom. The Kier molecular flexibility index (Phi) is 4.18. The molecule has 0 bridgehead atoms. The van der Waals surface area contributed by atoms with E-state index in [1.54, 1.807) is 6.07 Å². The van der Waals surface area contributed by atoms with E-state index in [1.807, 2.05) is 43.0 Å². The van der Waals surface area contributed by atoms with Crippen LogP contribution in [0, 0.1) is 0 Å². The molecule has 2 fully saturated rings. The number of aromatic nitrogens is 1. The van der Waals surface area contributed by atoms with Gasteiger partial charge in [-0.15, -0.1) is 0 Å². The Morgan fingerprint density at radius 3 is 2.92 bits per heavy atom. The smallest absolute Gasteiger partial charge is 0.254 e. The number of carbonyl (C=O) groups is 1. The van der Waals surface area contributed by atoms with Crippen LogP contribution < -0.4 is 0 Å². The van der Waals surface area contributed by atoms with E-state index in [0.717, 1.165) is 17.3 Å². The van der Waals surface area contributed by atoms with E-state index in [-0.39, 0.29) is 18.1 Å². The zero-order valence-electron chi connectivity index (χ0n) is 14.4. The molecular formula is C19H21ClN2O3. The molecule has 6 heteroatoms. The molecule has 0 N–H and O–H groups in total. The highest BCUT2D eigenvalue weighted by Crippen LogP contribution is 2.36. The van der Waals surface area contributed by atoms with Crippen LogP contribution in [0.2, 0.25) is 5.15 Å². The number of hydrogen-bond donors (Lipinski definition) is 0. The molecular weight excluding hydrogens is 340 g/mol. The molecule has 2 aromatic rings. The summed E-state index contributed by atoms with van der Waals surface area (Å²) < 4.78 is 11.9. The molecule has 1 spiro atoms. The summed E-state index contributed by atoms with van der Waals surface area (Å²) in [6.45, 7) is 5.78. The number of hydrogen-bond acceptors (Lipinski definition) is 4. The van der Waals surface area contributed by atoms with Gasteiger partial charge in [-0.2, -0.15) is 0 Å². The molecule has 0 aliphatic carbocycles. The zero-order chi connectivity index (χ0) is 17.6. The number of nitrogens with zero attached hydrogens (tertiary/aromatic N) is 2. The Balaban J connectivity index is 1.71. The van der Waals surface area contributed by atoms with E-state index in [4.69, 9.17) is 21.1 Å². The van der Waals surface area contributed by atoms with Crippen molar-refractivity contribution in [1.29, 1.82) is 0 Å². The van der Waals surface area contributed by atoms with Gasteiger partial charge in [0.05, 0.1) is 29.8 Å². The number of carbonyl (C=O) groups excluding carboxylic acids is 1. The lowest BCUT2D eigenvalue weighted by Crippen LogP contribution is -2.59. The van der Waals surface area contributed by atoms with Crippen LogP contribution in [0.4, 0.5) is 0 Å². The Hall–Kier alpha value is -1.69. The second kappa shape index (κ2) is 6.24. The van der Waals surface area contributed by atoms with Crippen molar-refractivity contribution in [3.05, 3.63) is 41.0 Å². The molecule has 0 saturated carbocycles. The maximum absolute atomic E-state index is 13.3. The predicted molar refractivity (Wildman–Crippen MR) is 96.0 cm³/mol. The normalized spacial score (nSPS) is 29.5. The predicted octanol–water partition coefficient (Wildman–Crippen LogP) is 3.30. The third-order valence-corrected chi connectivity index (χ3v) is 5.40. The molecule has 0 radical (unpaired) electrons. The quantitative estimate of drug-likeness (QED) is 0.732. The summed E-state index contributed by atoms with van der Waals surface area (Å²) in [5.41, 5.74) is 0.901. The molecule has 1 aromatic carbocycles. The van der Waals surface area contributed by atoms with Gasteiger partial charge in [0.1, 0.15) is 10.8 Å². The van der Waals surface area contributed by atoms with Gasteiger partial charge in [0.15, 0.2) is 0 Å². The van der Waals surface area contributed by atoms with Gasteiger partial charge in [-0.3, -0.25) is 4.79 Å². The van der Waals surface area contributed by atoms with E-state index in [9.17, 15) is 4.79 Å². The number of morpholine rings is 1. The summed E-state index contributed by atoms with van der Waals surface area (Å²) in [4.78, 5) is 19.5. The average Bonchev–Trinajstić information content (AvgIpc) is 2.92. The summed E-state index contributed by atoms with van der Waals surface area (Å²) in [6.07, 6.45) is 0.744. The SMILES string of the molecule is C[C@@H]1CN(C(=O)c2cc(Cl)nc3ccccc23)C[C@@]2(CCO[C@H]2C)O1. The first-order chi connectivity index (χ1) is 12.0. The summed E-state index contributed by atoms with van der Waals surface area (Å²) in [5, 5.41) is 1.15. The van der Waals surface area contributed by atoms with Crippen LogP contribution in [0.25, 0.3) is 10.9 Å². The molecule has 4 rings (SSSR count). The Bertz CT molecular complexity index is 827. The lowest BCUT2D eigenvalue weighted by Gasteiger charge is -2.45. The molecule has 5 nitrogen and oxygen atoms in total. The minimum absolute atomic E-state index is 0.0247. The highest BCUT2D eigenvalue weighted by Gasteiger charge is 2.49. The standard InChI is InChI=1S/C19H21ClN2O3/c1-12-10-22(11-19(25-12)7-8-24-13(19)2)18(23)15-9-17(20)21-16-6-4-3-5-14(15)16/h3-6,9,12-13H,7-8,10-11H2,1-2H3/t12-,13+,19-/m1/s1. The van der Waals surface area contributed by atoms with Crippen molar-refractivity contribution >= 4 is 28.4 Å². The van der Waals surface area contributed by atoms with Crippen molar-refractivity contribution in [3.8, 4) is 0 Å². The number of para-hydroxylation sites is 1. The van der Waals surface area contributed by atoms with Gasteiger partial charge >= 0.3 is 0 Å². The van der Waals surface area contributed by atoms with Gasteiger partial charge in [-0.1, -0.05) is 29.8 Å². The summed E-state index contributed by atoms with van der Waals surface area (Å²) in [7, 11) is 0. The van der Waals surface area contributed by atoms with Gasteiger partial charge in [-0.25, -0.2) is 4.98 Å². The van der Waals surface area contributed by atoms with Crippen molar-refractivity contribution < 1.29 is 14.3 Å². The molecule has 0 unspecified atom stereocenters. The molecule has 1 aromatic heterocycles. The van der Waals surface area contributed by atoms with E-state index in [0.29, 0.717) is 30.4 Å². The van der Waals surface area contributed by atoms with Crippen molar-refractivity contribution in [3.63, 3.8) is 0 Å². The molecule has 2 saturated heterocycles. The molecule has 2 aliphatic heterocycles. The average molecular weight is 361 g/mol. The number of rotatable bonds is 1. The van der Waals surface area contributed by atoms with Crippen LogP contribution in [0.1, 0.15) is 30.6 Å². The fourth-order valence-corrected chi connectivity index (χ4v) is 4.14. The number of pyridine rings is 1. The van der Waals surface area contributed by atoms with Gasteiger partial charge in [0.2, 0.25) is 0 Å². The fourth-order valence-electron chi connectivity index (χ4n) is 3.94. The lowest BCUT2D eigenvalue weighted by atomic mass is 9.92. The molecule has 3 atom stereocenters. The van der Waals surface area contributed by atoms with Gasteiger partial charge in [-0.05, 0) is 26.0 Å². The zero-order valence-corrected chi connectivity index (χ0v) is 15.1. The minimum Gasteiger partial charge on any atom is -0.375 e. The van der Waals surface area contributed by atoms with Crippen LogP contribution in [0.15, 0.2) is 30.3 Å². The third-order valence-electron chi connectivity index (χ3n) is 5.21. The molecule has 132 valence electrons. The van der Waals surface area contributed by atoms with Crippen molar-refractivity contribution in [2.75, 3.05) is 19.7 Å². The first-order valence-electron chi connectivity index (χ1n) is 8.62. The van der Waals surface area contributed by atoms with Crippen molar-refractivity contribution in [2.24, 2.45) is 0 Å². The number of ether oxygens (including phenoxy) is 2. The fraction of sp³-hybridized carbons (Fsp3) is 0.474. The first-order valence-corrected chi connectivity index (χ1v) is 9.00. The Labute approximate surface area is 151 Å². The van der Waals surface area contributed by atoms with Crippen molar-refractivity contribution in [1.82, 2.24) is 9.88 Å². The summed E-state index contributed by atoms with van der Waals surface area (Å²) in [5.74, 6) is -0.0332. The first kappa shape index (κ1) is 16.8. The van der Waals surface area contributed by atoms with Crippen molar-refractivity contribution in [2.45, 2.75) is 38.1 Å². The second-order valence-corrected chi connectivity index (χ2v) is 7.34. The van der Waals surface area contributed by atoms with E-state index < -0.39 is 5.60 Å². The maximum atomic E-state index is 13.3. The largest absolute Gasteiger partial charge is 0.375 e. The molecule has 2 aliphatic rings. The summed E-state index contributed by atoms with van der Waals surface area (Å²) in [6, 6.07) is 9.24. The van der Waals surface area contributed by atoms with E-state index >= 15 is 0 Å².